The van der Waals surface area contributed by atoms with Gasteiger partial charge in [0, 0.05) is 45.2 Å². The molecular weight excluding hydrogens is 366 g/mol. The van der Waals surface area contributed by atoms with Crippen LogP contribution in [0.4, 0.5) is 0 Å². The van der Waals surface area contributed by atoms with Crippen LogP contribution >= 0.6 is 0 Å². The number of aliphatic hydroxyl groups excluding tert-OH is 1. The maximum absolute atomic E-state index is 11.6. The minimum absolute atomic E-state index is 0.273. The number of hydrogen-bond acceptors (Lipinski definition) is 5. The molecule has 1 aromatic carbocycles. The quantitative estimate of drug-likeness (QED) is 0.556. The van der Waals surface area contributed by atoms with E-state index in [0.29, 0.717) is 25.6 Å². The number of rotatable bonds is 11. The smallest absolute Gasteiger partial charge is 0.222 e. The van der Waals surface area contributed by atoms with Gasteiger partial charge < -0.3 is 25.0 Å². The van der Waals surface area contributed by atoms with Gasteiger partial charge in [-0.2, -0.15) is 0 Å². The number of amides is 1. The molecule has 2 aliphatic rings. The van der Waals surface area contributed by atoms with E-state index in [1.165, 1.54) is 32.1 Å². The van der Waals surface area contributed by atoms with Crippen LogP contribution < -0.4 is 10.1 Å². The van der Waals surface area contributed by atoms with Crippen molar-refractivity contribution >= 4 is 5.91 Å². The van der Waals surface area contributed by atoms with E-state index < -0.39 is 6.10 Å². The minimum atomic E-state index is -0.485. The van der Waals surface area contributed by atoms with Crippen molar-refractivity contribution in [3.63, 3.8) is 0 Å². The van der Waals surface area contributed by atoms with Crippen LogP contribution in [0.3, 0.4) is 0 Å². The number of benzene rings is 1. The van der Waals surface area contributed by atoms with Gasteiger partial charge in [0.2, 0.25) is 5.91 Å². The summed E-state index contributed by atoms with van der Waals surface area (Å²) < 4.78 is 5.84. The number of carbonyl (C=O) groups excluding carboxylic acids is 1. The first-order chi connectivity index (χ1) is 14.1. The molecule has 1 aliphatic carbocycles. The summed E-state index contributed by atoms with van der Waals surface area (Å²) in [5, 5.41) is 13.8. The number of aliphatic hydroxyl groups is 1. The highest BCUT2D eigenvalue weighted by Gasteiger charge is 2.20. The molecule has 1 aromatic rings. The number of carbonyl (C=O) groups is 1. The third-order valence-corrected chi connectivity index (χ3v) is 6.10. The molecule has 1 unspecified atom stereocenters. The predicted molar refractivity (Wildman–Crippen MR) is 115 cm³/mol. The second-order valence-corrected chi connectivity index (χ2v) is 8.50. The van der Waals surface area contributed by atoms with Gasteiger partial charge in [-0.1, -0.05) is 31.4 Å². The van der Waals surface area contributed by atoms with Crippen molar-refractivity contribution < 1.29 is 14.6 Å². The number of nitrogens with zero attached hydrogens (tertiary/aromatic N) is 2. The largest absolute Gasteiger partial charge is 0.491 e. The zero-order valence-electron chi connectivity index (χ0n) is 17.8. The van der Waals surface area contributed by atoms with Crippen molar-refractivity contribution in [2.75, 3.05) is 39.8 Å². The number of ether oxygens (including phenoxy) is 1. The van der Waals surface area contributed by atoms with E-state index in [-0.39, 0.29) is 5.91 Å². The Morgan fingerprint density at radius 2 is 2.10 bits per heavy atom. The van der Waals surface area contributed by atoms with E-state index >= 15 is 0 Å². The van der Waals surface area contributed by atoms with Gasteiger partial charge in [0.25, 0.3) is 0 Å². The lowest BCUT2D eigenvalue weighted by Crippen LogP contribution is -2.40. The van der Waals surface area contributed by atoms with Crippen LogP contribution in [0.1, 0.15) is 50.5 Å². The Hall–Kier alpha value is -1.63. The SMILES string of the molecule is CN(CC(O)COc1cccc(CNCCN2CCCC2=O)c1)C1CCCCC1. The summed E-state index contributed by atoms with van der Waals surface area (Å²) in [5.74, 6) is 1.06. The van der Waals surface area contributed by atoms with Crippen LogP contribution in [0.5, 0.6) is 5.75 Å². The Bertz CT molecular complexity index is 634. The molecule has 29 heavy (non-hydrogen) atoms. The Kier molecular flexibility index (Phi) is 8.77. The van der Waals surface area contributed by atoms with E-state index in [4.69, 9.17) is 4.74 Å². The fourth-order valence-corrected chi connectivity index (χ4v) is 4.38. The van der Waals surface area contributed by atoms with Gasteiger partial charge in [-0.05, 0) is 44.0 Å². The lowest BCUT2D eigenvalue weighted by Gasteiger charge is -2.32. The number of likely N-dealkylation sites (tertiary alicyclic amines) is 1. The molecule has 2 fully saturated rings. The van der Waals surface area contributed by atoms with Gasteiger partial charge in [0.15, 0.2) is 0 Å². The average molecular weight is 404 g/mol. The van der Waals surface area contributed by atoms with E-state index in [2.05, 4.69) is 23.3 Å². The van der Waals surface area contributed by atoms with Crippen molar-refractivity contribution in [3.05, 3.63) is 29.8 Å². The van der Waals surface area contributed by atoms with Crippen molar-refractivity contribution in [2.45, 2.75) is 63.6 Å². The zero-order valence-corrected chi connectivity index (χ0v) is 17.8. The Morgan fingerprint density at radius 3 is 2.86 bits per heavy atom. The summed E-state index contributed by atoms with van der Waals surface area (Å²) in [6.45, 7) is 4.17. The summed E-state index contributed by atoms with van der Waals surface area (Å²) in [6, 6.07) is 8.60. The second kappa shape index (κ2) is 11.5. The maximum Gasteiger partial charge on any atom is 0.222 e. The molecule has 1 saturated heterocycles. The highest BCUT2D eigenvalue weighted by atomic mass is 16.5. The second-order valence-electron chi connectivity index (χ2n) is 8.50. The Morgan fingerprint density at radius 1 is 1.28 bits per heavy atom. The molecule has 0 aromatic heterocycles. The molecule has 0 radical (unpaired) electrons. The molecule has 1 saturated carbocycles. The topological polar surface area (TPSA) is 65.0 Å². The van der Waals surface area contributed by atoms with Crippen LogP contribution in [0.2, 0.25) is 0 Å². The molecular formula is C23H37N3O3. The lowest BCUT2D eigenvalue weighted by molar-refractivity contribution is -0.127. The maximum atomic E-state index is 11.6. The van der Waals surface area contributed by atoms with Crippen LogP contribution in [0.25, 0.3) is 0 Å². The Labute approximate surface area is 175 Å². The van der Waals surface area contributed by atoms with Crippen LogP contribution in [-0.4, -0.2) is 72.8 Å². The zero-order chi connectivity index (χ0) is 20.5. The lowest BCUT2D eigenvalue weighted by atomic mass is 9.94. The van der Waals surface area contributed by atoms with Crippen LogP contribution in [0, 0.1) is 0 Å². The molecule has 0 bridgehead atoms. The fraction of sp³-hybridized carbons (Fsp3) is 0.696. The van der Waals surface area contributed by atoms with Gasteiger partial charge in [0.1, 0.15) is 18.5 Å². The number of likely N-dealkylation sites (N-methyl/N-ethyl adjacent to an activating group) is 1. The molecule has 6 heteroatoms. The minimum Gasteiger partial charge on any atom is -0.491 e. The van der Waals surface area contributed by atoms with E-state index in [1.807, 2.05) is 23.1 Å². The first kappa shape index (κ1) is 22.1. The predicted octanol–water partition coefficient (Wildman–Crippen LogP) is 2.40. The van der Waals surface area contributed by atoms with Crippen molar-refractivity contribution in [1.82, 2.24) is 15.1 Å². The third kappa shape index (κ3) is 7.28. The van der Waals surface area contributed by atoms with E-state index in [9.17, 15) is 9.90 Å². The molecule has 6 nitrogen and oxygen atoms in total. The molecule has 162 valence electrons. The summed E-state index contributed by atoms with van der Waals surface area (Å²) in [5.41, 5.74) is 1.14. The van der Waals surface area contributed by atoms with Crippen LogP contribution in [0.15, 0.2) is 24.3 Å². The summed E-state index contributed by atoms with van der Waals surface area (Å²) in [7, 11) is 2.11. The number of nitrogens with one attached hydrogen (secondary N) is 1. The van der Waals surface area contributed by atoms with Gasteiger partial charge >= 0.3 is 0 Å². The highest BCUT2D eigenvalue weighted by molar-refractivity contribution is 5.78. The summed E-state index contributed by atoms with van der Waals surface area (Å²) in [6.07, 6.45) is 7.63. The molecule has 3 rings (SSSR count). The number of hydrogen-bond donors (Lipinski definition) is 2. The van der Waals surface area contributed by atoms with Crippen LogP contribution in [-0.2, 0) is 11.3 Å². The van der Waals surface area contributed by atoms with Gasteiger partial charge in [-0.3, -0.25) is 4.79 Å². The van der Waals surface area contributed by atoms with E-state index in [1.54, 1.807) is 0 Å². The molecule has 1 atom stereocenters. The average Bonchev–Trinajstić information content (AvgIpc) is 3.15. The third-order valence-electron chi connectivity index (χ3n) is 6.10. The first-order valence-electron chi connectivity index (χ1n) is 11.2. The first-order valence-corrected chi connectivity index (χ1v) is 11.2. The Balaban J connectivity index is 1.34. The normalized spacial score (nSPS) is 19.1. The van der Waals surface area contributed by atoms with Crippen molar-refractivity contribution in [3.8, 4) is 5.75 Å². The molecule has 1 amide bonds. The van der Waals surface area contributed by atoms with E-state index in [0.717, 1.165) is 43.9 Å². The monoisotopic (exact) mass is 403 g/mol. The fourth-order valence-electron chi connectivity index (χ4n) is 4.38. The highest BCUT2D eigenvalue weighted by Crippen LogP contribution is 2.22. The summed E-state index contributed by atoms with van der Waals surface area (Å²) >= 11 is 0. The van der Waals surface area contributed by atoms with Gasteiger partial charge in [-0.25, -0.2) is 0 Å². The van der Waals surface area contributed by atoms with Gasteiger partial charge in [0.05, 0.1) is 0 Å². The molecule has 2 N–H and O–H groups in total. The van der Waals surface area contributed by atoms with Gasteiger partial charge in [-0.15, -0.1) is 0 Å². The van der Waals surface area contributed by atoms with Crippen molar-refractivity contribution in [1.29, 1.82) is 0 Å². The van der Waals surface area contributed by atoms with Crippen molar-refractivity contribution in [2.24, 2.45) is 0 Å². The molecule has 0 spiro atoms. The standard InChI is InChI=1S/C23H37N3O3/c1-25(20-8-3-2-4-9-20)17-21(27)18-29-22-10-5-7-19(15-22)16-24-12-14-26-13-6-11-23(26)28/h5,7,10,15,20-21,24,27H,2-4,6,8-9,11-14,16-18H2,1H3. The summed E-state index contributed by atoms with van der Waals surface area (Å²) in [4.78, 5) is 15.8. The molecule has 1 aliphatic heterocycles. The molecule has 1 heterocycles.